The van der Waals surface area contributed by atoms with Crippen molar-refractivity contribution < 1.29 is 0 Å². The zero-order valence-electron chi connectivity index (χ0n) is 16.4. The van der Waals surface area contributed by atoms with Crippen LogP contribution >= 0.6 is 0 Å². The van der Waals surface area contributed by atoms with Crippen molar-refractivity contribution in [2.24, 2.45) is 0 Å². The van der Waals surface area contributed by atoms with Crippen LogP contribution in [0.5, 0.6) is 0 Å². The molecule has 28 heavy (non-hydrogen) atoms. The van der Waals surface area contributed by atoms with Crippen LogP contribution < -0.4 is 9.80 Å². The third kappa shape index (κ3) is 2.73. The van der Waals surface area contributed by atoms with Gasteiger partial charge >= 0.3 is 0 Å². The second-order valence-corrected chi connectivity index (χ2v) is 7.63. The van der Waals surface area contributed by atoms with Crippen molar-refractivity contribution in [1.29, 1.82) is 0 Å². The van der Waals surface area contributed by atoms with Gasteiger partial charge in [0.25, 0.3) is 0 Å². The van der Waals surface area contributed by atoms with Crippen molar-refractivity contribution in [1.82, 2.24) is 0 Å². The third-order valence-corrected chi connectivity index (χ3v) is 5.77. The quantitative estimate of drug-likeness (QED) is 0.397. The van der Waals surface area contributed by atoms with E-state index in [0.717, 1.165) is 13.2 Å². The molecule has 0 atom stereocenters. The zero-order chi connectivity index (χ0) is 19.1. The number of aryl methyl sites for hydroxylation is 2. The molecule has 0 unspecified atom stereocenters. The standard InChI is InChI=1S/C26H24N2/c1-19-9-7-10-20(2)26(19)27-17-22-12-4-6-15-24(22)28(18-27)25-16-8-13-21-11-3-5-14-23(21)25/h3-16H,17-18H2,1-2H3. The van der Waals surface area contributed by atoms with Crippen LogP contribution in [0, 0.1) is 13.8 Å². The minimum atomic E-state index is 0.844. The maximum atomic E-state index is 2.51. The molecule has 0 bridgehead atoms. The molecule has 1 heterocycles. The first-order chi connectivity index (χ1) is 13.7. The van der Waals surface area contributed by atoms with E-state index in [-0.39, 0.29) is 0 Å². The van der Waals surface area contributed by atoms with Gasteiger partial charge in [0.05, 0.1) is 12.4 Å². The fourth-order valence-electron chi connectivity index (χ4n) is 4.51. The van der Waals surface area contributed by atoms with Crippen molar-refractivity contribution in [3.05, 3.63) is 102 Å². The molecule has 4 aromatic rings. The van der Waals surface area contributed by atoms with Gasteiger partial charge in [-0.25, -0.2) is 0 Å². The predicted octanol–water partition coefficient (Wildman–Crippen LogP) is 6.57. The van der Waals surface area contributed by atoms with Gasteiger partial charge in [0, 0.05) is 23.3 Å². The van der Waals surface area contributed by atoms with Gasteiger partial charge in [0.15, 0.2) is 0 Å². The van der Waals surface area contributed by atoms with Crippen LogP contribution in [0.4, 0.5) is 17.1 Å². The molecule has 0 radical (unpaired) electrons. The summed E-state index contributed by atoms with van der Waals surface area (Å²) >= 11 is 0. The van der Waals surface area contributed by atoms with Gasteiger partial charge in [-0.05, 0) is 48.1 Å². The molecule has 0 aromatic heterocycles. The highest BCUT2D eigenvalue weighted by molar-refractivity contribution is 5.96. The molecule has 5 rings (SSSR count). The Morgan fingerprint density at radius 3 is 2.14 bits per heavy atom. The Bertz CT molecular complexity index is 1140. The number of anilines is 3. The van der Waals surface area contributed by atoms with E-state index in [9.17, 15) is 0 Å². The Hall–Kier alpha value is -3.26. The normalized spacial score (nSPS) is 13.6. The number of benzene rings is 4. The average Bonchev–Trinajstić information content (AvgIpc) is 2.73. The Balaban J connectivity index is 1.69. The van der Waals surface area contributed by atoms with Gasteiger partial charge in [-0.2, -0.15) is 0 Å². The first kappa shape index (κ1) is 16.9. The number of hydrogen-bond acceptors (Lipinski definition) is 2. The number of hydrogen-bond donors (Lipinski definition) is 0. The lowest BCUT2D eigenvalue weighted by molar-refractivity contribution is 0.749. The maximum Gasteiger partial charge on any atom is 0.0955 e. The number of nitrogens with zero attached hydrogens (tertiary/aromatic N) is 2. The van der Waals surface area contributed by atoms with Gasteiger partial charge in [-0.15, -0.1) is 0 Å². The molecule has 4 aromatic carbocycles. The van der Waals surface area contributed by atoms with Crippen LogP contribution in [0.3, 0.4) is 0 Å². The fourth-order valence-corrected chi connectivity index (χ4v) is 4.51. The summed E-state index contributed by atoms with van der Waals surface area (Å²) in [5.41, 5.74) is 7.95. The van der Waals surface area contributed by atoms with Gasteiger partial charge in [0.1, 0.15) is 0 Å². The zero-order valence-corrected chi connectivity index (χ0v) is 16.4. The minimum absolute atomic E-state index is 0.844. The van der Waals surface area contributed by atoms with Crippen LogP contribution in [0.25, 0.3) is 10.8 Å². The monoisotopic (exact) mass is 364 g/mol. The topological polar surface area (TPSA) is 6.48 Å². The van der Waals surface area contributed by atoms with Crippen molar-refractivity contribution >= 4 is 27.8 Å². The van der Waals surface area contributed by atoms with Crippen molar-refractivity contribution in [3.63, 3.8) is 0 Å². The largest absolute Gasteiger partial charge is 0.349 e. The molecule has 0 N–H and O–H groups in total. The Labute approximate surface area is 166 Å². The molecule has 2 nitrogen and oxygen atoms in total. The first-order valence-corrected chi connectivity index (χ1v) is 9.87. The second-order valence-electron chi connectivity index (χ2n) is 7.63. The molecule has 0 fully saturated rings. The van der Waals surface area contributed by atoms with Gasteiger partial charge in [0.2, 0.25) is 0 Å². The first-order valence-electron chi connectivity index (χ1n) is 9.87. The van der Waals surface area contributed by atoms with Gasteiger partial charge in [-0.1, -0.05) is 72.8 Å². The summed E-state index contributed by atoms with van der Waals surface area (Å²) in [5, 5.41) is 2.57. The predicted molar refractivity (Wildman–Crippen MR) is 119 cm³/mol. The summed E-state index contributed by atoms with van der Waals surface area (Å²) in [4.78, 5) is 4.97. The summed E-state index contributed by atoms with van der Waals surface area (Å²) in [7, 11) is 0. The fraction of sp³-hybridized carbons (Fsp3) is 0.154. The van der Waals surface area contributed by atoms with Gasteiger partial charge < -0.3 is 9.80 Å². The summed E-state index contributed by atoms with van der Waals surface area (Å²) in [6, 6.07) is 30.6. The lowest BCUT2D eigenvalue weighted by Gasteiger charge is -2.41. The molecular weight excluding hydrogens is 340 g/mol. The molecule has 138 valence electrons. The van der Waals surface area contributed by atoms with E-state index < -0.39 is 0 Å². The molecule has 0 aliphatic carbocycles. The molecule has 0 saturated carbocycles. The van der Waals surface area contributed by atoms with E-state index in [2.05, 4.69) is 109 Å². The van der Waals surface area contributed by atoms with Crippen LogP contribution in [-0.4, -0.2) is 6.67 Å². The smallest absolute Gasteiger partial charge is 0.0955 e. The van der Waals surface area contributed by atoms with Crippen LogP contribution in [0.1, 0.15) is 16.7 Å². The molecule has 0 amide bonds. The van der Waals surface area contributed by atoms with Crippen molar-refractivity contribution in [2.75, 3.05) is 16.5 Å². The average molecular weight is 364 g/mol. The molecule has 1 aliphatic rings. The van der Waals surface area contributed by atoms with E-state index in [4.69, 9.17) is 0 Å². The van der Waals surface area contributed by atoms with E-state index >= 15 is 0 Å². The maximum absolute atomic E-state index is 2.51. The van der Waals surface area contributed by atoms with E-state index in [1.807, 2.05) is 0 Å². The lowest BCUT2D eigenvalue weighted by Crippen LogP contribution is -2.40. The van der Waals surface area contributed by atoms with Crippen molar-refractivity contribution in [2.45, 2.75) is 20.4 Å². The SMILES string of the molecule is Cc1cccc(C)c1N1Cc2ccccc2N(c2cccc3ccccc23)C1. The van der Waals surface area contributed by atoms with Crippen LogP contribution in [0.15, 0.2) is 84.9 Å². The number of fused-ring (bicyclic) bond motifs is 2. The van der Waals surface area contributed by atoms with E-state index in [1.54, 1.807) is 0 Å². The summed E-state index contributed by atoms with van der Waals surface area (Å²) in [6.45, 7) is 6.20. The van der Waals surface area contributed by atoms with Crippen LogP contribution in [-0.2, 0) is 6.54 Å². The summed E-state index contributed by atoms with van der Waals surface area (Å²) in [6.07, 6.45) is 0. The van der Waals surface area contributed by atoms with Gasteiger partial charge in [-0.3, -0.25) is 0 Å². The van der Waals surface area contributed by atoms with Crippen LogP contribution in [0.2, 0.25) is 0 Å². The Morgan fingerprint density at radius 1 is 0.643 bits per heavy atom. The second kappa shape index (κ2) is 6.72. The molecule has 0 saturated heterocycles. The van der Waals surface area contributed by atoms with E-state index in [0.29, 0.717) is 0 Å². The minimum Gasteiger partial charge on any atom is -0.349 e. The summed E-state index contributed by atoms with van der Waals surface area (Å²) < 4.78 is 0. The molecular formula is C26H24N2. The Morgan fingerprint density at radius 2 is 1.29 bits per heavy atom. The van der Waals surface area contributed by atoms with Crippen molar-refractivity contribution in [3.8, 4) is 0 Å². The highest BCUT2D eigenvalue weighted by atomic mass is 15.3. The lowest BCUT2D eigenvalue weighted by atomic mass is 10.0. The Kier molecular flexibility index (Phi) is 4.05. The third-order valence-electron chi connectivity index (χ3n) is 5.77. The number of rotatable bonds is 2. The molecule has 2 heteroatoms. The summed E-state index contributed by atoms with van der Waals surface area (Å²) in [5.74, 6) is 0. The highest BCUT2D eigenvalue weighted by Gasteiger charge is 2.26. The highest BCUT2D eigenvalue weighted by Crippen LogP contribution is 2.39. The van der Waals surface area contributed by atoms with E-state index in [1.165, 1.54) is 44.5 Å². The number of para-hydroxylation sites is 2. The molecule has 1 aliphatic heterocycles. The molecule has 0 spiro atoms.